The van der Waals surface area contributed by atoms with Gasteiger partial charge in [-0.05, 0) is 43.9 Å². The highest BCUT2D eigenvalue weighted by atomic mass is 32.2. The van der Waals surface area contributed by atoms with Gasteiger partial charge in [-0.3, -0.25) is 10.1 Å². The Kier molecular flexibility index (Phi) is 8.57. The second-order valence-corrected chi connectivity index (χ2v) is 13.6. The molecule has 0 spiro atoms. The van der Waals surface area contributed by atoms with Crippen LogP contribution in [0.5, 0.6) is 0 Å². The van der Waals surface area contributed by atoms with Gasteiger partial charge in [0.05, 0.1) is 21.9 Å². The molecular formula is C33H32F2N8O4S. The molecule has 0 aliphatic rings. The molecule has 3 aromatic heterocycles. The Morgan fingerprint density at radius 2 is 1.67 bits per heavy atom. The third kappa shape index (κ3) is 6.29. The summed E-state index contributed by atoms with van der Waals surface area (Å²) in [6.45, 7) is 1.23. The van der Waals surface area contributed by atoms with E-state index < -0.39 is 26.6 Å². The van der Waals surface area contributed by atoms with Gasteiger partial charge in [0, 0.05) is 73.7 Å². The highest BCUT2D eigenvalue weighted by Crippen LogP contribution is 2.37. The molecule has 0 amide bonds. The predicted molar refractivity (Wildman–Crippen MR) is 182 cm³/mol. The number of benzene rings is 3. The summed E-state index contributed by atoms with van der Waals surface area (Å²) in [7, 11) is 3.27. The monoisotopic (exact) mass is 674 g/mol. The third-order valence-electron chi connectivity index (χ3n) is 8.01. The summed E-state index contributed by atoms with van der Waals surface area (Å²) in [4.78, 5) is 24.6. The molecule has 0 bridgehead atoms. The molecular weight excluding hydrogens is 642 g/mol. The number of nitrogens with one attached hydrogen (secondary N) is 1. The van der Waals surface area contributed by atoms with Crippen molar-refractivity contribution in [2.75, 3.05) is 44.4 Å². The number of nitro benzene ring substituents is 1. The fourth-order valence-corrected chi connectivity index (χ4v) is 6.97. The zero-order valence-corrected chi connectivity index (χ0v) is 27.4. The second-order valence-electron chi connectivity index (χ2n) is 11.7. The standard InChI is InChI=1S/C33H32F2N8O4S/c1-39(2)14-15-40(3)28-11-10-22(16-30(28)43(44)45)36-33-37-31(25-19-41(4)29-18-27(35)26(34)17-24(25)29)23-12-13-42(32(23)38-33)48(46,47)20-21-8-6-5-7-9-21/h5-13,16-19H,14-15,20H2,1-4H3,(H,36,37,38). The molecule has 0 atom stereocenters. The van der Waals surface area contributed by atoms with E-state index in [9.17, 15) is 27.3 Å². The number of aryl methyl sites for hydroxylation is 1. The summed E-state index contributed by atoms with van der Waals surface area (Å²) >= 11 is 0. The first-order valence-electron chi connectivity index (χ1n) is 14.8. The average Bonchev–Trinajstić information content (AvgIpc) is 3.61. The Labute approximate surface area is 275 Å². The van der Waals surface area contributed by atoms with Crippen LogP contribution in [-0.4, -0.2) is 71.0 Å². The number of hydrogen-bond donors (Lipinski definition) is 1. The van der Waals surface area contributed by atoms with Gasteiger partial charge < -0.3 is 19.7 Å². The molecule has 248 valence electrons. The first-order chi connectivity index (χ1) is 22.8. The number of hydrogen-bond acceptors (Lipinski definition) is 9. The first kappa shape index (κ1) is 32.5. The lowest BCUT2D eigenvalue weighted by atomic mass is 10.1. The summed E-state index contributed by atoms with van der Waals surface area (Å²) in [5.74, 6) is -2.44. The lowest BCUT2D eigenvalue weighted by Crippen LogP contribution is -2.28. The zero-order valence-electron chi connectivity index (χ0n) is 26.6. The van der Waals surface area contributed by atoms with Gasteiger partial charge in [-0.2, -0.15) is 4.98 Å². The van der Waals surface area contributed by atoms with E-state index in [0.717, 1.165) is 16.1 Å². The number of anilines is 3. The Bertz CT molecular complexity index is 2290. The van der Waals surface area contributed by atoms with Crippen LogP contribution < -0.4 is 10.2 Å². The van der Waals surface area contributed by atoms with Gasteiger partial charge in [0.25, 0.3) is 5.69 Å². The SMILES string of the molecule is CN(C)CCN(C)c1ccc(Nc2nc(-c3cn(C)c4cc(F)c(F)cc34)c3ccn(S(=O)(=O)Cc4ccccc4)c3n2)cc1[N+](=O)[O-]. The number of aromatic nitrogens is 4. The Morgan fingerprint density at radius 3 is 2.38 bits per heavy atom. The molecule has 0 saturated carbocycles. The number of nitrogens with zero attached hydrogens (tertiary/aromatic N) is 7. The van der Waals surface area contributed by atoms with Gasteiger partial charge in [0.2, 0.25) is 16.0 Å². The van der Waals surface area contributed by atoms with Crippen molar-refractivity contribution < 1.29 is 22.1 Å². The lowest BCUT2D eigenvalue weighted by molar-refractivity contribution is -0.384. The quantitative estimate of drug-likeness (QED) is 0.132. The zero-order chi connectivity index (χ0) is 34.3. The molecule has 15 heteroatoms. The van der Waals surface area contributed by atoms with Gasteiger partial charge in [0.1, 0.15) is 5.69 Å². The number of nitro groups is 1. The Morgan fingerprint density at radius 1 is 0.938 bits per heavy atom. The molecule has 6 rings (SSSR count). The van der Waals surface area contributed by atoms with Crippen LogP contribution in [0.3, 0.4) is 0 Å². The van der Waals surface area contributed by atoms with Crippen LogP contribution in [0, 0.1) is 21.7 Å². The Hall–Kier alpha value is -5.41. The average molecular weight is 675 g/mol. The minimum absolute atomic E-state index is 0.0348. The molecule has 3 aromatic carbocycles. The van der Waals surface area contributed by atoms with E-state index in [0.29, 0.717) is 46.2 Å². The number of rotatable bonds is 11. The summed E-state index contributed by atoms with van der Waals surface area (Å²) in [6.07, 6.45) is 3.02. The van der Waals surface area contributed by atoms with Crippen LogP contribution >= 0.6 is 0 Å². The van der Waals surface area contributed by atoms with E-state index in [2.05, 4.69) is 10.3 Å². The lowest BCUT2D eigenvalue weighted by Gasteiger charge is -2.21. The van der Waals surface area contributed by atoms with Gasteiger partial charge in [0.15, 0.2) is 17.3 Å². The minimum atomic E-state index is -3.99. The van der Waals surface area contributed by atoms with Crippen molar-refractivity contribution in [3.8, 4) is 11.3 Å². The van der Waals surface area contributed by atoms with Crippen molar-refractivity contribution >= 4 is 55.0 Å². The van der Waals surface area contributed by atoms with E-state index in [-0.39, 0.29) is 34.4 Å². The summed E-state index contributed by atoms with van der Waals surface area (Å²) in [6, 6.07) is 17.0. The molecule has 0 saturated heterocycles. The number of likely N-dealkylation sites (N-methyl/N-ethyl adjacent to an activating group) is 2. The maximum Gasteiger partial charge on any atom is 0.294 e. The molecule has 48 heavy (non-hydrogen) atoms. The fraction of sp³-hybridized carbons (Fsp3) is 0.212. The van der Waals surface area contributed by atoms with Gasteiger partial charge >= 0.3 is 0 Å². The van der Waals surface area contributed by atoms with E-state index in [4.69, 9.17) is 4.98 Å². The molecule has 12 nitrogen and oxygen atoms in total. The third-order valence-corrected chi connectivity index (χ3v) is 9.60. The van der Waals surface area contributed by atoms with Gasteiger partial charge in [-0.25, -0.2) is 26.2 Å². The van der Waals surface area contributed by atoms with Gasteiger partial charge in [-0.1, -0.05) is 30.3 Å². The van der Waals surface area contributed by atoms with Crippen molar-refractivity contribution in [3.63, 3.8) is 0 Å². The number of halogens is 2. The highest BCUT2D eigenvalue weighted by Gasteiger charge is 2.24. The maximum absolute atomic E-state index is 14.5. The van der Waals surface area contributed by atoms with Crippen molar-refractivity contribution in [2.24, 2.45) is 7.05 Å². The topological polar surface area (TPSA) is 131 Å². The van der Waals surface area contributed by atoms with Crippen LogP contribution in [0.1, 0.15) is 5.56 Å². The Balaban J connectivity index is 1.50. The minimum Gasteiger partial charge on any atom is -0.368 e. The van der Waals surface area contributed by atoms with Crippen molar-refractivity contribution in [2.45, 2.75) is 5.75 Å². The summed E-state index contributed by atoms with van der Waals surface area (Å²) in [5.41, 5.74) is 2.21. The summed E-state index contributed by atoms with van der Waals surface area (Å²) in [5, 5.41) is 15.8. The van der Waals surface area contributed by atoms with E-state index in [1.54, 1.807) is 78.3 Å². The van der Waals surface area contributed by atoms with Crippen molar-refractivity contribution in [3.05, 3.63) is 106 Å². The van der Waals surface area contributed by atoms with Crippen molar-refractivity contribution in [1.82, 2.24) is 23.4 Å². The highest BCUT2D eigenvalue weighted by molar-refractivity contribution is 7.89. The molecule has 0 aliphatic carbocycles. The first-order valence-corrected chi connectivity index (χ1v) is 16.5. The smallest absolute Gasteiger partial charge is 0.294 e. The molecule has 0 fully saturated rings. The predicted octanol–water partition coefficient (Wildman–Crippen LogP) is 5.90. The summed E-state index contributed by atoms with van der Waals surface area (Å²) < 4.78 is 58.8. The van der Waals surface area contributed by atoms with Crippen LogP contribution in [0.25, 0.3) is 33.2 Å². The molecule has 0 aliphatic heterocycles. The van der Waals surface area contributed by atoms with E-state index in [1.807, 2.05) is 19.0 Å². The number of fused-ring (bicyclic) bond motifs is 2. The largest absolute Gasteiger partial charge is 0.368 e. The van der Waals surface area contributed by atoms with Gasteiger partial charge in [-0.15, -0.1) is 0 Å². The second kappa shape index (κ2) is 12.7. The van der Waals surface area contributed by atoms with Crippen LogP contribution in [0.2, 0.25) is 0 Å². The normalized spacial score (nSPS) is 11.9. The van der Waals surface area contributed by atoms with Crippen LogP contribution in [-0.2, 0) is 22.8 Å². The van der Waals surface area contributed by atoms with Crippen LogP contribution in [0.15, 0.2) is 79.1 Å². The fourth-order valence-electron chi connectivity index (χ4n) is 5.57. The molecule has 1 N–H and O–H groups in total. The molecule has 0 radical (unpaired) electrons. The molecule has 3 heterocycles. The van der Waals surface area contributed by atoms with Crippen LogP contribution in [0.4, 0.5) is 31.8 Å². The van der Waals surface area contributed by atoms with E-state index in [1.165, 1.54) is 12.3 Å². The van der Waals surface area contributed by atoms with E-state index >= 15 is 0 Å². The molecule has 6 aromatic rings. The maximum atomic E-state index is 14.5. The molecule has 0 unspecified atom stereocenters. The van der Waals surface area contributed by atoms with Crippen molar-refractivity contribution in [1.29, 1.82) is 0 Å².